The summed E-state index contributed by atoms with van der Waals surface area (Å²) < 4.78 is 13.3. The number of carbonyl (C=O) groups excluding carboxylic acids is 1. The van der Waals surface area contributed by atoms with Gasteiger partial charge in [0.15, 0.2) is 4.88 Å². The number of aryl methyl sites for hydroxylation is 1. The van der Waals surface area contributed by atoms with Gasteiger partial charge >= 0.3 is 5.97 Å². The van der Waals surface area contributed by atoms with E-state index in [1.807, 2.05) is 0 Å². The van der Waals surface area contributed by atoms with Gasteiger partial charge in [0, 0.05) is 19.9 Å². The van der Waals surface area contributed by atoms with Crippen LogP contribution in [-0.4, -0.2) is 38.6 Å². The molecule has 0 aliphatic heterocycles. The van der Waals surface area contributed by atoms with E-state index >= 15 is 0 Å². The van der Waals surface area contributed by atoms with Crippen LogP contribution < -0.4 is 5.43 Å². The Morgan fingerprint density at radius 1 is 1.33 bits per heavy atom. The number of anilines is 1. The second kappa shape index (κ2) is 7.73. The first-order valence-corrected chi connectivity index (χ1v) is 7.90. The number of phenolic OH excluding ortho intramolecular Hbond substituents is 1. The van der Waals surface area contributed by atoms with Crippen molar-refractivity contribution < 1.29 is 24.2 Å². The second-order valence-electron chi connectivity index (χ2n) is 4.97. The molecule has 2 aromatic rings. The average molecular weight is 353 g/mol. The summed E-state index contributed by atoms with van der Waals surface area (Å²) in [6, 6.07) is 6.24. The van der Waals surface area contributed by atoms with Crippen LogP contribution >= 0.6 is 11.3 Å². The van der Waals surface area contributed by atoms with Crippen molar-refractivity contribution in [1.82, 2.24) is 9.99 Å². The summed E-state index contributed by atoms with van der Waals surface area (Å²) in [5, 5.41) is 19.8. The van der Waals surface area contributed by atoms with Crippen LogP contribution in [0.3, 0.4) is 0 Å². The predicted octanol–water partition coefficient (Wildman–Crippen LogP) is 2.49. The summed E-state index contributed by atoms with van der Waals surface area (Å²) in [7, 11) is 0. The molecule has 128 valence electrons. The topological polar surface area (TPSA) is 103 Å². The van der Waals surface area contributed by atoms with Crippen LogP contribution in [0.5, 0.6) is 5.75 Å². The third-order valence-electron chi connectivity index (χ3n) is 3.11. The molecule has 0 spiro atoms. The number of carbonyl (C=O) groups is 2. The molecule has 1 heterocycles. The lowest BCUT2D eigenvalue weighted by molar-refractivity contribution is -0.127. The standard InChI is InChI=1S/C15H16FN3O4S/c1-9(20)19(18-10-4-6-11(21)7-5-10)8-2-3-12-17-14(16)13(24-12)15(22)23/h4-7,18,21H,2-3,8H2,1H3,(H,22,23). The highest BCUT2D eigenvalue weighted by molar-refractivity contribution is 7.13. The van der Waals surface area contributed by atoms with Gasteiger partial charge in [-0.15, -0.1) is 11.3 Å². The quantitative estimate of drug-likeness (QED) is 0.522. The van der Waals surface area contributed by atoms with E-state index in [1.165, 1.54) is 24.1 Å². The molecule has 7 nitrogen and oxygen atoms in total. The monoisotopic (exact) mass is 353 g/mol. The van der Waals surface area contributed by atoms with Gasteiger partial charge < -0.3 is 10.2 Å². The molecule has 0 saturated carbocycles. The molecule has 0 aliphatic carbocycles. The zero-order valence-electron chi connectivity index (χ0n) is 12.8. The molecule has 9 heteroatoms. The maximum Gasteiger partial charge on any atom is 0.350 e. The fraction of sp³-hybridized carbons (Fsp3) is 0.267. The summed E-state index contributed by atoms with van der Waals surface area (Å²) in [6.45, 7) is 1.73. The summed E-state index contributed by atoms with van der Waals surface area (Å²) in [6.07, 6.45) is 0.840. The van der Waals surface area contributed by atoms with E-state index in [1.54, 1.807) is 12.1 Å². The lowest BCUT2D eigenvalue weighted by atomic mass is 10.3. The minimum absolute atomic E-state index is 0.120. The zero-order chi connectivity index (χ0) is 17.7. The number of aromatic carboxylic acids is 1. The van der Waals surface area contributed by atoms with E-state index in [2.05, 4.69) is 10.4 Å². The first-order valence-electron chi connectivity index (χ1n) is 7.09. The van der Waals surface area contributed by atoms with E-state index in [0.717, 1.165) is 11.3 Å². The van der Waals surface area contributed by atoms with Crippen LogP contribution in [0, 0.1) is 5.95 Å². The Bertz CT molecular complexity index is 733. The Morgan fingerprint density at radius 3 is 2.54 bits per heavy atom. The van der Waals surface area contributed by atoms with Crippen LogP contribution in [0.1, 0.15) is 28.0 Å². The molecule has 2 rings (SSSR count). The van der Waals surface area contributed by atoms with Crippen molar-refractivity contribution in [3.63, 3.8) is 0 Å². The van der Waals surface area contributed by atoms with Gasteiger partial charge in [-0.05, 0) is 30.7 Å². The third-order valence-corrected chi connectivity index (χ3v) is 4.19. The first kappa shape index (κ1) is 17.7. The number of thiazole rings is 1. The number of hydrogen-bond acceptors (Lipinski definition) is 6. The molecular formula is C15H16FN3O4S. The number of carboxylic acids is 1. The molecule has 24 heavy (non-hydrogen) atoms. The van der Waals surface area contributed by atoms with Gasteiger partial charge in [-0.1, -0.05) is 0 Å². The lowest BCUT2D eigenvalue weighted by Crippen LogP contribution is -2.35. The number of phenols is 1. The highest BCUT2D eigenvalue weighted by Gasteiger charge is 2.17. The molecule has 0 radical (unpaired) electrons. The Hall–Kier alpha value is -2.68. The van der Waals surface area contributed by atoms with Crippen LogP contribution in [0.25, 0.3) is 0 Å². The molecule has 0 bridgehead atoms. The SMILES string of the molecule is CC(=O)N(CCCc1nc(F)c(C(=O)O)s1)Nc1ccc(O)cc1. The van der Waals surface area contributed by atoms with E-state index in [4.69, 9.17) is 5.11 Å². The highest BCUT2D eigenvalue weighted by atomic mass is 32.1. The van der Waals surface area contributed by atoms with Crippen molar-refractivity contribution in [3.05, 3.63) is 40.1 Å². The summed E-state index contributed by atoms with van der Waals surface area (Å²) in [5.41, 5.74) is 3.55. The second-order valence-corrected chi connectivity index (χ2v) is 6.05. The third kappa shape index (κ3) is 4.66. The van der Waals surface area contributed by atoms with Crippen molar-refractivity contribution >= 4 is 28.9 Å². The molecule has 0 fully saturated rings. The smallest absolute Gasteiger partial charge is 0.350 e. The number of hydrazine groups is 1. The van der Waals surface area contributed by atoms with E-state index in [0.29, 0.717) is 30.1 Å². The van der Waals surface area contributed by atoms with Crippen LogP contribution in [-0.2, 0) is 11.2 Å². The van der Waals surface area contributed by atoms with Gasteiger partial charge in [0.25, 0.3) is 0 Å². The number of amides is 1. The van der Waals surface area contributed by atoms with Gasteiger partial charge in [-0.25, -0.2) is 9.78 Å². The Balaban J connectivity index is 1.92. The number of nitrogens with zero attached hydrogens (tertiary/aromatic N) is 2. The molecule has 3 N–H and O–H groups in total. The summed E-state index contributed by atoms with van der Waals surface area (Å²) in [5.74, 6) is -2.40. The fourth-order valence-electron chi connectivity index (χ4n) is 1.95. The van der Waals surface area contributed by atoms with E-state index in [9.17, 15) is 19.1 Å². The van der Waals surface area contributed by atoms with Crippen molar-refractivity contribution in [2.75, 3.05) is 12.0 Å². The molecule has 0 aliphatic rings. The molecular weight excluding hydrogens is 337 g/mol. The number of rotatable bonds is 7. The number of benzene rings is 1. The van der Waals surface area contributed by atoms with Crippen molar-refractivity contribution in [3.8, 4) is 5.75 Å². The van der Waals surface area contributed by atoms with Crippen molar-refractivity contribution in [1.29, 1.82) is 0 Å². The summed E-state index contributed by atoms with van der Waals surface area (Å²) in [4.78, 5) is 25.6. The number of aromatic nitrogens is 1. The van der Waals surface area contributed by atoms with Crippen LogP contribution in [0.4, 0.5) is 10.1 Å². The number of nitrogens with one attached hydrogen (secondary N) is 1. The molecule has 1 aromatic carbocycles. The number of aromatic hydroxyl groups is 1. The van der Waals surface area contributed by atoms with Gasteiger partial charge in [0.1, 0.15) is 5.75 Å². The van der Waals surface area contributed by atoms with Crippen LogP contribution in [0.15, 0.2) is 24.3 Å². The molecule has 1 amide bonds. The Morgan fingerprint density at radius 2 is 2.00 bits per heavy atom. The zero-order valence-corrected chi connectivity index (χ0v) is 13.6. The van der Waals surface area contributed by atoms with Gasteiger partial charge in [0.2, 0.25) is 11.9 Å². The number of carboxylic acid groups (broad SMARTS) is 1. The van der Waals surface area contributed by atoms with Crippen molar-refractivity contribution in [2.45, 2.75) is 19.8 Å². The molecule has 0 unspecified atom stereocenters. The first-order chi connectivity index (χ1) is 11.4. The molecule has 0 atom stereocenters. The summed E-state index contributed by atoms with van der Waals surface area (Å²) >= 11 is 0.796. The highest BCUT2D eigenvalue weighted by Crippen LogP contribution is 2.19. The van der Waals surface area contributed by atoms with Gasteiger partial charge in [-0.3, -0.25) is 15.2 Å². The maximum atomic E-state index is 13.3. The predicted molar refractivity (Wildman–Crippen MR) is 86.5 cm³/mol. The van der Waals surface area contributed by atoms with Crippen LogP contribution in [0.2, 0.25) is 0 Å². The molecule has 0 saturated heterocycles. The van der Waals surface area contributed by atoms with Gasteiger partial charge in [-0.2, -0.15) is 4.39 Å². The fourth-order valence-corrected chi connectivity index (χ4v) is 2.78. The number of hydrogen-bond donors (Lipinski definition) is 3. The van der Waals surface area contributed by atoms with E-state index in [-0.39, 0.29) is 11.7 Å². The maximum absolute atomic E-state index is 13.3. The Labute approximate surface area is 141 Å². The lowest BCUT2D eigenvalue weighted by Gasteiger charge is -2.22. The minimum atomic E-state index is -1.34. The average Bonchev–Trinajstić information content (AvgIpc) is 2.89. The largest absolute Gasteiger partial charge is 0.508 e. The number of halogens is 1. The van der Waals surface area contributed by atoms with E-state index < -0.39 is 16.8 Å². The van der Waals surface area contributed by atoms with Crippen molar-refractivity contribution in [2.24, 2.45) is 0 Å². The van der Waals surface area contributed by atoms with Gasteiger partial charge in [0.05, 0.1) is 10.7 Å². The Kier molecular flexibility index (Phi) is 5.69. The minimum Gasteiger partial charge on any atom is -0.508 e. The molecule has 1 aromatic heterocycles. The normalized spacial score (nSPS) is 10.4.